The second-order valence-electron chi connectivity index (χ2n) is 9.15. The van der Waals surface area contributed by atoms with Crippen molar-refractivity contribution in [2.24, 2.45) is 11.1 Å². The number of hydrogen-bond acceptors (Lipinski definition) is 4. The van der Waals surface area contributed by atoms with Crippen LogP contribution in [0.4, 0.5) is 10.5 Å². The SMILES string of the molecule is CC(ON=C1CCN(C(=O)Nc2ccccc2)CC1)C(=O)N1CCC(Cc2ccccc2)CC1. The fourth-order valence-electron chi connectivity index (χ4n) is 4.54. The molecule has 0 aromatic heterocycles. The van der Waals surface area contributed by atoms with Crippen LogP contribution in [-0.4, -0.2) is 59.7 Å². The molecule has 2 saturated heterocycles. The number of para-hydroxylation sites is 1. The van der Waals surface area contributed by atoms with E-state index in [4.69, 9.17) is 4.84 Å². The first-order valence-corrected chi connectivity index (χ1v) is 12.2. The van der Waals surface area contributed by atoms with Gasteiger partial charge in [-0.1, -0.05) is 53.7 Å². The number of amides is 3. The van der Waals surface area contributed by atoms with Crippen molar-refractivity contribution in [2.75, 3.05) is 31.5 Å². The lowest BCUT2D eigenvalue weighted by molar-refractivity contribution is -0.144. The molecule has 3 amide bonds. The highest BCUT2D eigenvalue weighted by atomic mass is 16.6. The van der Waals surface area contributed by atoms with E-state index < -0.39 is 6.10 Å². The molecule has 180 valence electrons. The summed E-state index contributed by atoms with van der Waals surface area (Å²) in [7, 11) is 0. The molecule has 0 spiro atoms. The Bertz CT molecular complexity index is 962. The Balaban J connectivity index is 1.17. The van der Waals surface area contributed by atoms with Gasteiger partial charge in [-0.2, -0.15) is 0 Å². The third kappa shape index (κ3) is 6.59. The average Bonchev–Trinajstić information content (AvgIpc) is 2.89. The van der Waals surface area contributed by atoms with Gasteiger partial charge in [0, 0.05) is 44.7 Å². The molecule has 2 heterocycles. The van der Waals surface area contributed by atoms with Crippen LogP contribution in [0.15, 0.2) is 65.8 Å². The second-order valence-corrected chi connectivity index (χ2v) is 9.15. The van der Waals surface area contributed by atoms with Gasteiger partial charge in [-0.15, -0.1) is 0 Å². The topological polar surface area (TPSA) is 74.2 Å². The maximum absolute atomic E-state index is 12.8. The van der Waals surface area contributed by atoms with Gasteiger partial charge in [-0.3, -0.25) is 4.79 Å². The molecule has 0 aliphatic carbocycles. The summed E-state index contributed by atoms with van der Waals surface area (Å²) in [6, 6.07) is 19.9. The van der Waals surface area contributed by atoms with Gasteiger partial charge >= 0.3 is 6.03 Å². The molecule has 1 N–H and O–H groups in total. The quantitative estimate of drug-likeness (QED) is 0.640. The molecular weight excluding hydrogens is 428 g/mol. The van der Waals surface area contributed by atoms with Crippen LogP contribution in [0.1, 0.15) is 38.2 Å². The minimum absolute atomic E-state index is 0.00202. The standard InChI is InChI=1S/C27H34N4O3/c1-21(26(32)30-16-12-23(13-17-30)20-22-8-4-2-5-9-22)34-29-25-14-18-31(19-15-25)27(33)28-24-10-6-3-7-11-24/h2-11,21,23H,12-20H2,1H3,(H,28,33). The van der Waals surface area contributed by atoms with E-state index >= 15 is 0 Å². The first-order chi connectivity index (χ1) is 16.6. The Kier molecular flexibility index (Phi) is 8.17. The predicted molar refractivity (Wildman–Crippen MR) is 134 cm³/mol. The van der Waals surface area contributed by atoms with E-state index in [0.717, 1.165) is 43.8 Å². The summed E-state index contributed by atoms with van der Waals surface area (Å²) in [6.07, 6.45) is 3.80. The molecule has 0 radical (unpaired) electrons. The van der Waals surface area contributed by atoms with Crippen LogP contribution >= 0.6 is 0 Å². The number of benzene rings is 2. The van der Waals surface area contributed by atoms with Crippen molar-refractivity contribution in [3.8, 4) is 0 Å². The third-order valence-corrected chi connectivity index (χ3v) is 6.63. The summed E-state index contributed by atoms with van der Waals surface area (Å²) < 4.78 is 0. The largest absolute Gasteiger partial charge is 0.383 e. The molecule has 2 aromatic carbocycles. The molecule has 2 aromatic rings. The maximum Gasteiger partial charge on any atom is 0.321 e. The molecule has 34 heavy (non-hydrogen) atoms. The van der Waals surface area contributed by atoms with E-state index in [2.05, 4.69) is 34.7 Å². The molecule has 1 unspecified atom stereocenters. The molecule has 7 nitrogen and oxygen atoms in total. The minimum atomic E-state index is -0.599. The first-order valence-electron chi connectivity index (χ1n) is 12.2. The van der Waals surface area contributed by atoms with E-state index in [-0.39, 0.29) is 11.9 Å². The molecule has 0 bridgehead atoms. The molecule has 2 fully saturated rings. The van der Waals surface area contributed by atoms with Gasteiger partial charge in [0.25, 0.3) is 5.91 Å². The van der Waals surface area contributed by atoms with Gasteiger partial charge in [0.2, 0.25) is 6.10 Å². The van der Waals surface area contributed by atoms with Crippen molar-refractivity contribution in [1.82, 2.24) is 9.80 Å². The van der Waals surface area contributed by atoms with Crippen molar-refractivity contribution in [1.29, 1.82) is 0 Å². The fourth-order valence-corrected chi connectivity index (χ4v) is 4.54. The number of nitrogens with one attached hydrogen (secondary N) is 1. The normalized spacial score (nSPS) is 17.7. The predicted octanol–water partition coefficient (Wildman–Crippen LogP) is 4.56. The van der Waals surface area contributed by atoms with Crippen molar-refractivity contribution in [3.63, 3.8) is 0 Å². The smallest absolute Gasteiger partial charge is 0.321 e. The number of nitrogens with zero attached hydrogens (tertiary/aromatic N) is 3. The highest BCUT2D eigenvalue weighted by Crippen LogP contribution is 2.22. The van der Waals surface area contributed by atoms with Crippen molar-refractivity contribution in [2.45, 2.75) is 45.1 Å². The van der Waals surface area contributed by atoms with Gasteiger partial charge in [0.15, 0.2) is 0 Å². The highest BCUT2D eigenvalue weighted by Gasteiger charge is 2.27. The number of rotatable bonds is 6. The first kappa shape index (κ1) is 23.8. The average molecular weight is 463 g/mol. The lowest BCUT2D eigenvalue weighted by atomic mass is 9.90. The zero-order valence-corrected chi connectivity index (χ0v) is 19.9. The van der Waals surface area contributed by atoms with Crippen LogP contribution in [0.5, 0.6) is 0 Å². The van der Waals surface area contributed by atoms with Crippen LogP contribution in [0.25, 0.3) is 0 Å². The summed E-state index contributed by atoms with van der Waals surface area (Å²) in [5.41, 5.74) is 3.04. The van der Waals surface area contributed by atoms with Crippen LogP contribution in [-0.2, 0) is 16.1 Å². The fraction of sp³-hybridized carbons (Fsp3) is 0.444. The van der Waals surface area contributed by atoms with Gasteiger partial charge in [0.05, 0.1) is 5.71 Å². The molecule has 7 heteroatoms. The number of carbonyl (C=O) groups is 2. The van der Waals surface area contributed by atoms with Crippen molar-refractivity contribution >= 4 is 23.3 Å². The van der Waals surface area contributed by atoms with Gasteiger partial charge in [0.1, 0.15) is 0 Å². The molecular formula is C27H34N4O3. The molecule has 0 saturated carbocycles. The van der Waals surface area contributed by atoms with Gasteiger partial charge in [-0.25, -0.2) is 4.79 Å². The summed E-state index contributed by atoms with van der Waals surface area (Å²) in [5.74, 6) is 0.620. The molecule has 2 aliphatic heterocycles. The Morgan fingerprint density at radius 2 is 1.56 bits per heavy atom. The van der Waals surface area contributed by atoms with Crippen LogP contribution in [0, 0.1) is 5.92 Å². The number of urea groups is 1. The number of hydrogen-bond donors (Lipinski definition) is 1. The van der Waals surface area contributed by atoms with Crippen LogP contribution in [0.2, 0.25) is 0 Å². The summed E-state index contributed by atoms with van der Waals surface area (Å²) >= 11 is 0. The number of likely N-dealkylation sites (tertiary alicyclic amines) is 2. The highest BCUT2D eigenvalue weighted by molar-refractivity contribution is 5.92. The molecule has 4 rings (SSSR count). The lowest BCUT2D eigenvalue weighted by Gasteiger charge is -2.33. The third-order valence-electron chi connectivity index (χ3n) is 6.63. The van der Waals surface area contributed by atoms with Crippen molar-refractivity contribution < 1.29 is 14.4 Å². The van der Waals surface area contributed by atoms with Gasteiger partial charge in [-0.05, 0) is 49.8 Å². The van der Waals surface area contributed by atoms with Gasteiger partial charge < -0.3 is 20.0 Å². The summed E-state index contributed by atoms with van der Waals surface area (Å²) in [6.45, 7) is 4.47. The Hall–Kier alpha value is -3.35. The van der Waals surface area contributed by atoms with E-state index in [1.54, 1.807) is 11.8 Å². The molecule has 2 aliphatic rings. The lowest BCUT2D eigenvalue weighted by Crippen LogP contribution is -2.44. The Labute approximate surface area is 201 Å². The monoisotopic (exact) mass is 462 g/mol. The number of piperidine rings is 2. The van der Waals surface area contributed by atoms with Crippen LogP contribution < -0.4 is 5.32 Å². The minimum Gasteiger partial charge on any atom is -0.383 e. The van der Waals surface area contributed by atoms with E-state index in [9.17, 15) is 9.59 Å². The van der Waals surface area contributed by atoms with Crippen molar-refractivity contribution in [3.05, 3.63) is 66.2 Å². The number of oxime groups is 1. The zero-order chi connectivity index (χ0) is 23.8. The zero-order valence-electron chi connectivity index (χ0n) is 19.9. The van der Waals surface area contributed by atoms with E-state index in [1.807, 2.05) is 41.3 Å². The maximum atomic E-state index is 12.8. The van der Waals surface area contributed by atoms with Crippen LogP contribution in [0.3, 0.4) is 0 Å². The Morgan fingerprint density at radius 1 is 0.941 bits per heavy atom. The van der Waals surface area contributed by atoms with E-state index in [0.29, 0.717) is 31.8 Å². The number of anilines is 1. The summed E-state index contributed by atoms with van der Waals surface area (Å²) in [4.78, 5) is 34.5. The summed E-state index contributed by atoms with van der Waals surface area (Å²) in [5, 5.41) is 7.17. The number of carbonyl (C=O) groups excluding carboxylic acids is 2. The Morgan fingerprint density at radius 3 is 2.21 bits per heavy atom. The van der Waals surface area contributed by atoms with E-state index in [1.165, 1.54) is 5.56 Å². The second kappa shape index (κ2) is 11.7. The molecule has 1 atom stereocenters.